The highest BCUT2D eigenvalue weighted by Gasteiger charge is 2.44. The molecule has 100 valence electrons. The number of carbonyl (C=O) groups excluding carboxylic acids is 1. The van der Waals surface area contributed by atoms with Gasteiger partial charge in [0.1, 0.15) is 0 Å². The van der Waals surface area contributed by atoms with E-state index in [0.29, 0.717) is 13.0 Å². The zero-order valence-corrected chi connectivity index (χ0v) is 11.2. The minimum Gasteiger partial charge on any atom is -0.466 e. The van der Waals surface area contributed by atoms with E-state index < -0.39 is 0 Å². The van der Waals surface area contributed by atoms with E-state index in [1.165, 1.54) is 12.8 Å². The largest absolute Gasteiger partial charge is 0.466 e. The van der Waals surface area contributed by atoms with E-state index in [4.69, 9.17) is 10.00 Å². The van der Waals surface area contributed by atoms with Crippen LogP contribution in [0.1, 0.15) is 39.0 Å². The smallest absolute Gasteiger partial charge is 0.310 e. The average Bonchev–Trinajstić information content (AvgIpc) is 3.10. The fourth-order valence-electron chi connectivity index (χ4n) is 2.86. The summed E-state index contributed by atoms with van der Waals surface area (Å²) < 4.78 is 5.10. The lowest BCUT2D eigenvalue weighted by molar-refractivity contribution is -0.150. The second-order valence-electron chi connectivity index (χ2n) is 5.66. The number of esters is 1. The normalized spacial score (nSPS) is 26.3. The molecule has 0 spiro atoms. The molecular weight excluding hydrogens is 228 g/mol. The van der Waals surface area contributed by atoms with E-state index in [0.717, 1.165) is 32.5 Å². The predicted octanol–water partition coefficient (Wildman–Crippen LogP) is 1.96. The molecule has 0 aromatic heterocycles. The van der Waals surface area contributed by atoms with Crippen LogP contribution < -0.4 is 0 Å². The molecule has 1 aliphatic carbocycles. The van der Waals surface area contributed by atoms with Crippen LogP contribution in [0.2, 0.25) is 0 Å². The summed E-state index contributed by atoms with van der Waals surface area (Å²) in [6, 6.07) is 2.30. The van der Waals surface area contributed by atoms with Crippen LogP contribution in [-0.4, -0.2) is 37.1 Å². The fraction of sp³-hybridized carbons (Fsp3) is 0.857. The predicted molar refractivity (Wildman–Crippen MR) is 67.7 cm³/mol. The number of piperidine rings is 1. The molecule has 4 heteroatoms. The average molecular weight is 250 g/mol. The van der Waals surface area contributed by atoms with E-state index >= 15 is 0 Å². The number of nitrogens with zero attached hydrogens (tertiary/aromatic N) is 2. The van der Waals surface area contributed by atoms with E-state index in [1.54, 1.807) is 0 Å². The van der Waals surface area contributed by atoms with Gasteiger partial charge in [-0.05, 0) is 44.6 Å². The van der Waals surface area contributed by atoms with Gasteiger partial charge >= 0.3 is 5.97 Å². The highest BCUT2D eigenvalue weighted by atomic mass is 16.5. The minimum atomic E-state index is -0.0488. The summed E-state index contributed by atoms with van der Waals surface area (Å²) in [6.07, 6.45) is 5.00. The molecule has 2 aliphatic rings. The summed E-state index contributed by atoms with van der Waals surface area (Å²) in [7, 11) is 0. The summed E-state index contributed by atoms with van der Waals surface area (Å²) >= 11 is 0. The quantitative estimate of drug-likeness (QED) is 0.700. The van der Waals surface area contributed by atoms with Crippen molar-refractivity contribution in [1.29, 1.82) is 5.26 Å². The third-order valence-electron chi connectivity index (χ3n) is 4.10. The number of rotatable bonds is 5. The van der Waals surface area contributed by atoms with Crippen molar-refractivity contribution in [2.75, 3.05) is 26.2 Å². The topological polar surface area (TPSA) is 53.3 Å². The van der Waals surface area contributed by atoms with Crippen LogP contribution in [0.3, 0.4) is 0 Å². The van der Waals surface area contributed by atoms with Gasteiger partial charge in [0.15, 0.2) is 0 Å². The molecule has 2 fully saturated rings. The van der Waals surface area contributed by atoms with Gasteiger partial charge in [0.25, 0.3) is 0 Å². The van der Waals surface area contributed by atoms with Crippen LogP contribution in [0.15, 0.2) is 0 Å². The molecule has 1 saturated carbocycles. The third kappa shape index (κ3) is 3.23. The number of hydrogen-bond donors (Lipinski definition) is 0. The highest BCUT2D eigenvalue weighted by Crippen LogP contribution is 2.49. The standard InChI is InChI=1S/C14H22N2O2/c1-2-18-13(17)12-4-3-9-16(10-12)11-14(5-6-14)7-8-15/h12H,2-7,9-11H2,1H3/t12-/m1/s1. The van der Waals surface area contributed by atoms with Crippen molar-refractivity contribution in [3.05, 3.63) is 0 Å². The highest BCUT2D eigenvalue weighted by molar-refractivity contribution is 5.72. The van der Waals surface area contributed by atoms with Crippen molar-refractivity contribution in [2.45, 2.75) is 39.0 Å². The molecule has 1 saturated heterocycles. The Balaban J connectivity index is 1.84. The lowest BCUT2D eigenvalue weighted by atomic mass is 9.95. The first kappa shape index (κ1) is 13.4. The Hall–Kier alpha value is -1.08. The van der Waals surface area contributed by atoms with Gasteiger partial charge < -0.3 is 9.64 Å². The van der Waals surface area contributed by atoms with Crippen molar-refractivity contribution in [3.8, 4) is 6.07 Å². The Morgan fingerprint density at radius 2 is 2.33 bits per heavy atom. The van der Waals surface area contributed by atoms with Crippen LogP contribution >= 0.6 is 0 Å². The van der Waals surface area contributed by atoms with Crippen LogP contribution in [-0.2, 0) is 9.53 Å². The molecule has 0 amide bonds. The van der Waals surface area contributed by atoms with Gasteiger partial charge in [-0.3, -0.25) is 4.79 Å². The van der Waals surface area contributed by atoms with Crippen LogP contribution in [0.25, 0.3) is 0 Å². The molecule has 0 radical (unpaired) electrons. The minimum absolute atomic E-state index is 0.0385. The Morgan fingerprint density at radius 3 is 2.94 bits per heavy atom. The van der Waals surface area contributed by atoms with E-state index in [2.05, 4.69) is 11.0 Å². The van der Waals surface area contributed by atoms with Gasteiger partial charge in [-0.2, -0.15) is 5.26 Å². The Bertz CT molecular complexity index is 344. The molecule has 1 heterocycles. The summed E-state index contributed by atoms with van der Waals surface area (Å²) in [6.45, 7) is 5.17. The van der Waals surface area contributed by atoms with Crippen LogP contribution in [0.5, 0.6) is 0 Å². The maximum atomic E-state index is 11.7. The molecule has 0 bridgehead atoms. The molecule has 1 atom stereocenters. The molecular formula is C14H22N2O2. The lowest BCUT2D eigenvalue weighted by Crippen LogP contribution is -2.42. The van der Waals surface area contributed by atoms with Gasteiger partial charge in [-0.1, -0.05) is 0 Å². The summed E-state index contributed by atoms with van der Waals surface area (Å²) in [4.78, 5) is 14.1. The second-order valence-corrected chi connectivity index (χ2v) is 5.66. The van der Waals surface area contributed by atoms with E-state index in [-0.39, 0.29) is 17.3 Å². The zero-order valence-electron chi connectivity index (χ0n) is 11.2. The molecule has 0 aromatic carbocycles. The third-order valence-corrected chi connectivity index (χ3v) is 4.10. The van der Waals surface area contributed by atoms with Crippen molar-refractivity contribution in [1.82, 2.24) is 4.90 Å². The van der Waals surface area contributed by atoms with Crippen LogP contribution in [0, 0.1) is 22.7 Å². The van der Waals surface area contributed by atoms with Gasteiger partial charge in [0.05, 0.1) is 18.6 Å². The molecule has 2 rings (SSSR count). The van der Waals surface area contributed by atoms with Crippen molar-refractivity contribution in [2.24, 2.45) is 11.3 Å². The fourth-order valence-corrected chi connectivity index (χ4v) is 2.86. The van der Waals surface area contributed by atoms with Gasteiger partial charge in [-0.15, -0.1) is 0 Å². The number of carbonyl (C=O) groups is 1. The van der Waals surface area contributed by atoms with Crippen LogP contribution in [0.4, 0.5) is 0 Å². The Kier molecular flexibility index (Phi) is 4.23. The first-order valence-electron chi connectivity index (χ1n) is 6.95. The Morgan fingerprint density at radius 1 is 1.56 bits per heavy atom. The number of hydrogen-bond acceptors (Lipinski definition) is 4. The number of nitriles is 1. The first-order chi connectivity index (χ1) is 8.69. The van der Waals surface area contributed by atoms with E-state index in [9.17, 15) is 4.79 Å². The molecule has 4 nitrogen and oxygen atoms in total. The molecule has 1 aliphatic heterocycles. The summed E-state index contributed by atoms with van der Waals surface area (Å²) in [5.41, 5.74) is 0.241. The SMILES string of the molecule is CCOC(=O)[C@@H]1CCCN(CC2(CC#N)CC2)C1. The maximum absolute atomic E-state index is 11.7. The maximum Gasteiger partial charge on any atom is 0.310 e. The zero-order chi connectivity index (χ0) is 13.0. The van der Waals surface area contributed by atoms with Gasteiger partial charge in [0.2, 0.25) is 0 Å². The molecule has 0 unspecified atom stereocenters. The first-order valence-corrected chi connectivity index (χ1v) is 6.95. The molecule has 0 N–H and O–H groups in total. The second kappa shape index (κ2) is 5.71. The molecule has 18 heavy (non-hydrogen) atoms. The monoisotopic (exact) mass is 250 g/mol. The number of ether oxygens (including phenoxy) is 1. The molecule has 0 aromatic rings. The van der Waals surface area contributed by atoms with E-state index in [1.807, 2.05) is 6.92 Å². The Labute approximate surface area is 109 Å². The van der Waals surface area contributed by atoms with Crippen molar-refractivity contribution >= 4 is 5.97 Å². The van der Waals surface area contributed by atoms with Crippen molar-refractivity contribution in [3.63, 3.8) is 0 Å². The summed E-state index contributed by atoms with van der Waals surface area (Å²) in [5, 5.41) is 8.84. The lowest BCUT2D eigenvalue weighted by Gasteiger charge is -2.33. The summed E-state index contributed by atoms with van der Waals surface area (Å²) in [5.74, 6) is -0.0103. The van der Waals surface area contributed by atoms with Gasteiger partial charge in [-0.25, -0.2) is 0 Å². The number of likely N-dealkylation sites (tertiary alicyclic amines) is 1. The van der Waals surface area contributed by atoms with Gasteiger partial charge in [0, 0.05) is 19.5 Å². The van der Waals surface area contributed by atoms with Crippen molar-refractivity contribution < 1.29 is 9.53 Å².